The number of anilines is 1. The van der Waals surface area contributed by atoms with Gasteiger partial charge in [-0.25, -0.2) is 4.79 Å². The number of piperazine rings is 1. The van der Waals surface area contributed by atoms with E-state index < -0.39 is 0 Å². The number of hydrogen-bond acceptors (Lipinski definition) is 5. The van der Waals surface area contributed by atoms with Crippen LogP contribution in [0.3, 0.4) is 0 Å². The molecule has 1 aromatic carbocycles. The fraction of sp³-hybridized carbons (Fsp3) is 0.471. The van der Waals surface area contributed by atoms with Crippen molar-refractivity contribution in [3.63, 3.8) is 0 Å². The summed E-state index contributed by atoms with van der Waals surface area (Å²) in [7, 11) is 0. The van der Waals surface area contributed by atoms with Crippen LogP contribution in [0.4, 0.5) is 5.69 Å². The molecule has 1 saturated heterocycles. The van der Waals surface area contributed by atoms with Crippen molar-refractivity contribution in [2.75, 3.05) is 44.2 Å². The fourth-order valence-corrected chi connectivity index (χ4v) is 2.56. The van der Waals surface area contributed by atoms with Gasteiger partial charge >= 0.3 is 5.97 Å². The lowest BCUT2D eigenvalue weighted by Gasteiger charge is -2.36. The van der Waals surface area contributed by atoms with Gasteiger partial charge in [0.25, 0.3) is 0 Å². The third-order valence-electron chi connectivity index (χ3n) is 3.70. The third-order valence-corrected chi connectivity index (χ3v) is 3.70. The van der Waals surface area contributed by atoms with E-state index in [2.05, 4.69) is 34.1 Å². The zero-order chi connectivity index (χ0) is 15.8. The van der Waals surface area contributed by atoms with E-state index in [1.807, 2.05) is 6.07 Å². The Labute approximate surface area is 132 Å². The summed E-state index contributed by atoms with van der Waals surface area (Å²) >= 11 is 0. The van der Waals surface area contributed by atoms with Gasteiger partial charge in [0.15, 0.2) is 0 Å². The lowest BCUT2D eigenvalue weighted by atomic mass is 10.2. The lowest BCUT2D eigenvalue weighted by Crippen LogP contribution is -2.46. The van der Waals surface area contributed by atoms with Gasteiger partial charge in [-0.05, 0) is 25.5 Å². The van der Waals surface area contributed by atoms with Crippen LogP contribution >= 0.6 is 0 Å². The maximum atomic E-state index is 11.3. The highest BCUT2D eigenvalue weighted by Gasteiger charge is 2.16. The van der Waals surface area contributed by atoms with Crippen molar-refractivity contribution in [1.82, 2.24) is 4.90 Å². The van der Waals surface area contributed by atoms with Crippen LogP contribution in [0.25, 0.3) is 0 Å². The van der Waals surface area contributed by atoms with E-state index in [1.165, 1.54) is 11.8 Å². The van der Waals surface area contributed by atoms with Crippen molar-refractivity contribution in [3.8, 4) is 0 Å². The van der Waals surface area contributed by atoms with Gasteiger partial charge in [-0.15, -0.1) is 0 Å². The van der Waals surface area contributed by atoms with Crippen LogP contribution in [0.5, 0.6) is 0 Å². The minimum absolute atomic E-state index is 0.353. The molecule has 0 radical (unpaired) electrons. The molecule has 1 aliphatic heterocycles. The van der Waals surface area contributed by atoms with Gasteiger partial charge in [-0.2, -0.15) is 0 Å². The van der Waals surface area contributed by atoms with Gasteiger partial charge in [0.2, 0.25) is 0 Å². The molecule has 0 saturated carbocycles. The average molecular weight is 303 g/mol. The van der Waals surface area contributed by atoms with Crippen LogP contribution in [-0.2, 0) is 9.53 Å². The van der Waals surface area contributed by atoms with Crippen molar-refractivity contribution in [1.29, 1.82) is 0 Å². The molecule has 120 valence electrons. The molecule has 1 aliphatic rings. The van der Waals surface area contributed by atoms with Gasteiger partial charge in [-0.3, -0.25) is 4.90 Å². The predicted molar refractivity (Wildman–Crippen MR) is 88.6 cm³/mol. The number of allylic oxidation sites excluding steroid dienone is 1. The van der Waals surface area contributed by atoms with E-state index in [4.69, 9.17) is 10.5 Å². The predicted octanol–water partition coefficient (Wildman–Crippen LogP) is 1.60. The maximum Gasteiger partial charge on any atom is 0.332 e. The van der Waals surface area contributed by atoms with Crippen LogP contribution in [0.1, 0.15) is 13.3 Å². The van der Waals surface area contributed by atoms with E-state index in [1.54, 1.807) is 6.92 Å². The van der Waals surface area contributed by atoms with Gasteiger partial charge < -0.3 is 15.4 Å². The SMILES string of the molecule is C/C(N)=C/C(=O)OCCCN1CCN(c2ccccc2)CC1. The molecule has 2 N–H and O–H groups in total. The summed E-state index contributed by atoms with van der Waals surface area (Å²) in [5.74, 6) is -0.353. The Morgan fingerprint density at radius 3 is 2.55 bits per heavy atom. The number of carbonyl (C=O) groups is 1. The van der Waals surface area contributed by atoms with Crippen LogP contribution < -0.4 is 10.6 Å². The molecule has 0 unspecified atom stereocenters. The van der Waals surface area contributed by atoms with E-state index in [0.29, 0.717) is 12.3 Å². The Bertz CT molecular complexity index is 490. The summed E-state index contributed by atoms with van der Waals surface area (Å²) in [6.07, 6.45) is 2.17. The lowest BCUT2D eigenvalue weighted by molar-refractivity contribution is -0.138. The molecule has 0 atom stereocenters. The second kappa shape index (κ2) is 8.44. The van der Waals surface area contributed by atoms with Gasteiger partial charge in [-0.1, -0.05) is 18.2 Å². The molecule has 1 aromatic rings. The average Bonchev–Trinajstić information content (AvgIpc) is 2.52. The maximum absolute atomic E-state index is 11.3. The smallest absolute Gasteiger partial charge is 0.332 e. The largest absolute Gasteiger partial charge is 0.462 e. The first-order valence-electron chi connectivity index (χ1n) is 7.78. The Morgan fingerprint density at radius 2 is 1.91 bits per heavy atom. The topological polar surface area (TPSA) is 58.8 Å². The highest BCUT2D eigenvalue weighted by Crippen LogP contribution is 2.15. The van der Waals surface area contributed by atoms with Gasteiger partial charge in [0.1, 0.15) is 0 Å². The number of benzene rings is 1. The normalized spacial score (nSPS) is 16.6. The number of carbonyl (C=O) groups excluding carboxylic acids is 1. The molecular formula is C17H25N3O2. The minimum Gasteiger partial charge on any atom is -0.462 e. The van der Waals surface area contributed by atoms with Crippen molar-refractivity contribution in [3.05, 3.63) is 42.1 Å². The zero-order valence-corrected chi connectivity index (χ0v) is 13.2. The van der Waals surface area contributed by atoms with Crippen molar-refractivity contribution < 1.29 is 9.53 Å². The number of nitrogens with zero attached hydrogens (tertiary/aromatic N) is 2. The minimum atomic E-state index is -0.353. The molecule has 1 fully saturated rings. The summed E-state index contributed by atoms with van der Waals surface area (Å²) in [5.41, 5.74) is 7.19. The quantitative estimate of drug-likeness (QED) is 0.491. The number of rotatable bonds is 6. The molecule has 22 heavy (non-hydrogen) atoms. The molecule has 0 aromatic heterocycles. The van der Waals surface area contributed by atoms with Crippen LogP contribution in [-0.4, -0.2) is 50.2 Å². The number of hydrogen-bond donors (Lipinski definition) is 1. The standard InChI is InChI=1S/C17H25N3O2/c1-15(18)14-17(21)22-13-5-8-19-9-11-20(12-10-19)16-6-3-2-4-7-16/h2-4,6-7,14H,5,8-13,18H2,1H3/b15-14-. The number of esters is 1. The number of nitrogens with two attached hydrogens (primary N) is 1. The molecule has 0 spiro atoms. The molecule has 5 heteroatoms. The van der Waals surface area contributed by atoms with Gasteiger partial charge in [0.05, 0.1) is 6.61 Å². The van der Waals surface area contributed by atoms with Crippen molar-refractivity contribution in [2.24, 2.45) is 5.73 Å². The molecule has 0 aliphatic carbocycles. The van der Waals surface area contributed by atoms with E-state index >= 15 is 0 Å². The summed E-state index contributed by atoms with van der Waals surface area (Å²) in [5, 5.41) is 0. The monoisotopic (exact) mass is 303 g/mol. The molecule has 1 heterocycles. The number of ether oxygens (including phenoxy) is 1. The van der Waals surface area contributed by atoms with E-state index in [9.17, 15) is 4.79 Å². The second-order valence-corrected chi connectivity index (χ2v) is 5.57. The summed E-state index contributed by atoms with van der Waals surface area (Å²) < 4.78 is 5.10. The van der Waals surface area contributed by atoms with Crippen molar-refractivity contribution >= 4 is 11.7 Å². The molecule has 2 rings (SSSR count). The molecule has 0 bridgehead atoms. The van der Waals surface area contributed by atoms with Crippen LogP contribution in [0, 0.1) is 0 Å². The first kappa shape index (κ1) is 16.4. The number of para-hydroxylation sites is 1. The van der Waals surface area contributed by atoms with Crippen LogP contribution in [0.2, 0.25) is 0 Å². The molecule has 0 amide bonds. The Hall–Kier alpha value is -2.01. The summed E-state index contributed by atoms with van der Waals surface area (Å²) in [4.78, 5) is 16.1. The Balaban J connectivity index is 1.62. The third kappa shape index (κ3) is 5.41. The fourth-order valence-electron chi connectivity index (χ4n) is 2.56. The zero-order valence-electron chi connectivity index (χ0n) is 13.2. The second-order valence-electron chi connectivity index (χ2n) is 5.57. The highest BCUT2D eigenvalue weighted by molar-refractivity contribution is 5.82. The van der Waals surface area contributed by atoms with Crippen molar-refractivity contribution in [2.45, 2.75) is 13.3 Å². The first-order valence-corrected chi connectivity index (χ1v) is 7.78. The van der Waals surface area contributed by atoms with E-state index in [-0.39, 0.29) is 5.97 Å². The summed E-state index contributed by atoms with van der Waals surface area (Å²) in [6, 6.07) is 10.5. The Morgan fingerprint density at radius 1 is 1.23 bits per heavy atom. The molecule has 5 nitrogen and oxygen atoms in total. The first-order chi connectivity index (χ1) is 10.6. The van der Waals surface area contributed by atoms with E-state index in [0.717, 1.165) is 39.1 Å². The highest BCUT2D eigenvalue weighted by atomic mass is 16.5. The molecular weight excluding hydrogens is 278 g/mol. The van der Waals surface area contributed by atoms with Crippen LogP contribution in [0.15, 0.2) is 42.1 Å². The Kier molecular flexibility index (Phi) is 6.27. The summed E-state index contributed by atoms with van der Waals surface area (Å²) in [6.45, 7) is 7.25. The van der Waals surface area contributed by atoms with Gasteiger partial charge in [0, 0.05) is 50.2 Å².